The van der Waals surface area contributed by atoms with Gasteiger partial charge in [-0.15, -0.1) is 0 Å². The summed E-state index contributed by atoms with van der Waals surface area (Å²) in [4.78, 5) is 10.3. The summed E-state index contributed by atoms with van der Waals surface area (Å²) in [5.74, 6) is -0.279. The molecule has 0 radical (unpaired) electrons. The lowest BCUT2D eigenvalue weighted by Crippen LogP contribution is -2.00. The van der Waals surface area contributed by atoms with Crippen molar-refractivity contribution in [3.8, 4) is 5.75 Å². The highest BCUT2D eigenvalue weighted by atomic mass is 79.9. The summed E-state index contributed by atoms with van der Waals surface area (Å²) < 4.78 is 28.3. The smallest absolute Gasteiger partial charge is 0.303 e. The first-order valence-corrected chi connectivity index (χ1v) is 9.00. The Hall–Kier alpha value is -0.790. The third-order valence-electron chi connectivity index (χ3n) is 2.48. The maximum absolute atomic E-state index is 11.1. The summed E-state index contributed by atoms with van der Waals surface area (Å²) in [7, 11) is 1.48. The van der Waals surface area contributed by atoms with E-state index < -0.39 is 15.0 Å². The van der Waals surface area contributed by atoms with E-state index in [-0.39, 0.29) is 11.3 Å². The Morgan fingerprint density at radius 2 is 2.00 bits per heavy atom. The second-order valence-electron chi connectivity index (χ2n) is 4.08. The summed E-state index contributed by atoms with van der Waals surface area (Å²) in [6, 6.07) is 4.27. The molecule has 0 aliphatic carbocycles. The van der Waals surface area contributed by atoms with Crippen LogP contribution in [0.2, 0.25) is 0 Å². The van der Waals surface area contributed by atoms with Crippen LogP contribution in [0.3, 0.4) is 0 Å². The van der Waals surface area contributed by atoms with Gasteiger partial charge in [0.15, 0.2) is 0 Å². The number of ether oxygens (including phenoxy) is 1. The van der Waals surface area contributed by atoms with E-state index in [0.717, 1.165) is 12.8 Å². The van der Waals surface area contributed by atoms with Gasteiger partial charge in [-0.3, -0.25) is 4.79 Å². The van der Waals surface area contributed by atoms with Gasteiger partial charge in [0.1, 0.15) is 5.75 Å². The Morgan fingerprint density at radius 3 is 2.55 bits per heavy atom. The lowest BCUT2D eigenvalue weighted by atomic mass is 10.2. The van der Waals surface area contributed by atoms with Crippen LogP contribution >= 0.6 is 26.6 Å². The summed E-state index contributed by atoms with van der Waals surface area (Å²) in [5, 5.41) is 8.48. The molecule has 1 aromatic carbocycles. The molecule has 0 atom stereocenters. The molecule has 0 fully saturated rings. The molecular formula is C12H14BrClO5S. The molecule has 0 amide bonds. The zero-order chi connectivity index (χ0) is 15.2. The first kappa shape index (κ1) is 17.3. The quantitative estimate of drug-likeness (QED) is 0.548. The van der Waals surface area contributed by atoms with E-state index in [9.17, 15) is 13.2 Å². The number of benzene rings is 1. The van der Waals surface area contributed by atoms with Gasteiger partial charge in [0.2, 0.25) is 0 Å². The molecule has 0 unspecified atom stereocenters. The standard InChI is InChI=1S/C12H14BrClO5S/c13-10-8-9(20(14,17)18)5-6-11(10)19-7-3-1-2-4-12(15)16/h5-6,8H,1-4,7H2,(H,15,16). The minimum absolute atomic E-state index is 0.000139. The van der Waals surface area contributed by atoms with Gasteiger partial charge in [-0.05, 0) is 53.4 Å². The van der Waals surface area contributed by atoms with Crippen molar-refractivity contribution in [1.29, 1.82) is 0 Å². The molecule has 0 spiro atoms. The molecule has 112 valence electrons. The van der Waals surface area contributed by atoms with Crippen molar-refractivity contribution in [3.63, 3.8) is 0 Å². The van der Waals surface area contributed by atoms with Gasteiger partial charge in [0.25, 0.3) is 9.05 Å². The van der Waals surface area contributed by atoms with Crippen molar-refractivity contribution < 1.29 is 23.1 Å². The van der Waals surface area contributed by atoms with Gasteiger partial charge in [-0.1, -0.05) is 0 Å². The molecule has 0 aliphatic rings. The zero-order valence-electron chi connectivity index (χ0n) is 10.5. The van der Waals surface area contributed by atoms with E-state index in [2.05, 4.69) is 15.9 Å². The molecule has 5 nitrogen and oxygen atoms in total. The Bertz CT molecular complexity index is 573. The number of hydrogen-bond donors (Lipinski definition) is 1. The normalized spacial score (nSPS) is 11.3. The van der Waals surface area contributed by atoms with Gasteiger partial charge in [0.05, 0.1) is 16.0 Å². The number of unbranched alkanes of at least 4 members (excludes halogenated alkanes) is 2. The van der Waals surface area contributed by atoms with Crippen LogP contribution in [0.1, 0.15) is 25.7 Å². The maximum atomic E-state index is 11.1. The fraction of sp³-hybridized carbons (Fsp3) is 0.417. The Labute approximate surface area is 130 Å². The summed E-state index contributed by atoms with van der Waals surface area (Å²) in [6.07, 6.45) is 2.27. The number of hydrogen-bond acceptors (Lipinski definition) is 4. The number of carboxylic acid groups (broad SMARTS) is 1. The number of halogens is 2. The topological polar surface area (TPSA) is 80.7 Å². The minimum Gasteiger partial charge on any atom is -0.492 e. The van der Waals surface area contributed by atoms with Crippen molar-refractivity contribution in [2.75, 3.05) is 6.61 Å². The number of aliphatic carboxylic acids is 1. The second kappa shape index (κ2) is 7.85. The number of rotatable bonds is 8. The third kappa shape index (κ3) is 6.11. The van der Waals surface area contributed by atoms with Crippen molar-refractivity contribution in [1.82, 2.24) is 0 Å². The maximum Gasteiger partial charge on any atom is 0.303 e. The van der Waals surface area contributed by atoms with E-state index in [1.165, 1.54) is 18.2 Å². The highest BCUT2D eigenvalue weighted by Gasteiger charge is 2.12. The summed E-state index contributed by atoms with van der Waals surface area (Å²) in [5.41, 5.74) is 0. The van der Waals surface area contributed by atoms with Crippen LogP contribution in [0.5, 0.6) is 5.75 Å². The monoisotopic (exact) mass is 384 g/mol. The molecule has 0 aliphatic heterocycles. The van der Waals surface area contributed by atoms with Crippen molar-refractivity contribution >= 4 is 41.6 Å². The van der Waals surface area contributed by atoms with Crippen LogP contribution in [-0.4, -0.2) is 26.1 Å². The SMILES string of the molecule is O=C(O)CCCCCOc1ccc(S(=O)(=O)Cl)cc1Br. The van der Waals surface area contributed by atoms with E-state index >= 15 is 0 Å². The van der Waals surface area contributed by atoms with Gasteiger partial charge >= 0.3 is 5.97 Å². The molecule has 8 heteroatoms. The van der Waals surface area contributed by atoms with E-state index in [1.807, 2.05) is 0 Å². The third-order valence-corrected chi connectivity index (χ3v) is 4.45. The lowest BCUT2D eigenvalue weighted by molar-refractivity contribution is -0.137. The van der Waals surface area contributed by atoms with Crippen LogP contribution in [0.15, 0.2) is 27.6 Å². The molecule has 1 rings (SSSR count). The summed E-state index contributed by atoms with van der Waals surface area (Å²) in [6.45, 7) is 0.436. The van der Waals surface area contributed by atoms with Crippen molar-refractivity contribution in [3.05, 3.63) is 22.7 Å². The number of carbonyl (C=O) groups is 1. The highest BCUT2D eigenvalue weighted by molar-refractivity contribution is 9.10. The van der Waals surface area contributed by atoms with Gasteiger partial charge in [-0.2, -0.15) is 0 Å². The Balaban J connectivity index is 2.44. The Kier molecular flexibility index (Phi) is 6.78. The predicted octanol–water partition coefficient (Wildman–Crippen LogP) is 3.40. The van der Waals surface area contributed by atoms with Gasteiger partial charge in [0, 0.05) is 17.1 Å². The molecule has 0 heterocycles. The Morgan fingerprint density at radius 1 is 1.30 bits per heavy atom. The molecule has 0 saturated heterocycles. The van der Waals surface area contributed by atoms with Crippen LogP contribution in [0.25, 0.3) is 0 Å². The van der Waals surface area contributed by atoms with Crippen molar-refractivity contribution in [2.24, 2.45) is 0 Å². The highest BCUT2D eigenvalue weighted by Crippen LogP contribution is 2.29. The first-order valence-electron chi connectivity index (χ1n) is 5.89. The lowest BCUT2D eigenvalue weighted by Gasteiger charge is -2.08. The predicted molar refractivity (Wildman–Crippen MR) is 78.8 cm³/mol. The molecule has 20 heavy (non-hydrogen) atoms. The van der Waals surface area contributed by atoms with Gasteiger partial charge < -0.3 is 9.84 Å². The van der Waals surface area contributed by atoms with Crippen LogP contribution in [0.4, 0.5) is 0 Å². The van der Waals surface area contributed by atoms with E-state index in [4.69, 9.17) is 20.5 Å². The van der Waals surface area contributed by atoms with Crippen LogP contribution in [0, 0.1) is 0 Å². The fourth-order valence-corrected chi connectivity index (χ4v) is 2.91. The molecule has 0 aromatic heterocycles. The van der Waals surface area contributed by atoms with E-state index in [1.54, 1.807) is 0 Å². The number of carboxylic acids is 1. The molecule has 0 saturated carbocycles. The average Bonchev–Trinajstić information content (AvgIpc) is 2.33. The van der Waals surface area contributed by atoms with E-state index in [0.29, 0.717) is 23.2 Å². The largest absolute Gasteiger partial charge is 0.492 e. The first-order chi connectivity index (χ1) is 9.30. The second-order valence-corrected chi connectivity index (χ2v) is 7.50. The summed E-state index contributed by atoms with van der Waals surface area (Å²) >= 11 is 3.22. The van der Waals surface area contributed by atoms with Crippen LogP contribution < -0.4 is 4.74 Å². The average molecular weight is 386 g/mol. The van der Waals surface area contributed by atoms with Crippen LogP contribution in [-0.2, 0) is 13.8 Å². The molecular weight excluding hydrogens is 372 g/mol. The molecule has 1 N–H and O–H groups in total. The fourth-order valence-electron chi connectivity index (χ4n) is 1.49. The zero-order valence-corrected chi connectivity index (χ0v) is 13.7. The van der Waals surface area contributed by atoms with Gasteiger partial charge in [-0.25, -0.2) is 8.42 Å². The van der Waals surface area contributed by atoms with Crippen molar-refractivity contribution in [2.45, 2.75) is 30.6 Å². The molecule has 0 bridgehead atoms. The minimum atomic E-state index is -3.75. The molecule has 1 aromatic rings.